The molecular weight excluding hydrogens is 358 g/mol. The molecular formula is C19H19N7O2. The average Bonchev–Trinajstić information content (AvgIpc) is 3.32. The summed E-state index contributed by atoms with van der Waals surface area (Å²) in [5, 5.41) is 19.6. The number of aromatic nitrogens is 4. The number of urea groups is 1. The molecule has 3 N–H and O–H groups in total. The summed E-state index contributed by atoms with van der Waals surface area (Å²) in [7, 11) is 0. The van der Waals surface area contributed by atoms with Gasteiger partial charge >= 0.3 is 6.03 Å². The van der Waals surface area contributed by atoms with Crippen molar-refractivity contribution in [3.8, 4) is 5.69 Å². The summed E-state index contributed by atoms with van der Waals surface area (Å²) in [6.07, 6.45) is 3.56. The van der Waals surface area contributed by atoms with E-state index in [1.807, 2.05) is 25.1 Å². The Kier molecular flexibility index (Phi) is 4.71. The molecule has 1 aliphatic carbocycles. The largest absolute Gasteiger partial charge is 0.335 e. The van der Waals surface area contributed by atoms with E-state index in [9.17, 15) is 9.59 Å². The van der Waals surface area contributed by atoms with E-state index in [-0.39, 0.29) is 18.0 Å². The van der Waals surface area contributed by atoms with Crippen LogP contribution in [0.2, 0.25) is 0 Å². The predicted molar refractivity (Wildman–Crippen MR) is 103 cm³/mol. The Morgan fingerprint density at radius 3 is 2.46 bits per heavy atom. The van der Waals surface area contributed by atoms with Gasteiger partial charge in [-0.05, 0) is 72.2 Å². The van der Waals surface area contributed by atoms with Crippen molar-refractivity contribution in [3.63, 3.8) is 0 Å². The molecule has 1 aliphatic rings. The van der Waals surface area contributed by atoms with Gasteiger partial charge in [-0.15, -0.1) is 5.10 Å². The Hall–Kier alpha value is -3.75. The van der Waals surface area contributed by atoms with E-state index in [0.29, 0.717) is 16.9 Å². The molecule has 1 heterocycles. The lowest BCUT2D eigenvalue weighted by Crippen LogP contribution is -2.30. The van der Waals surface area contributed by atoms with Gasteiger partial charge in [0.05, 0.1) is 5.69 Å². The van der Waals surface area contributed by atoms with Gasteiger partial charge in [0, 0.05) is 23.0 Å². The number of hydrogen-bond donors (Lipinski definition) is 3. The number of amides is 3. The smallest absolute Gasteiger partial charge is 0.319 e. The van der Waals surface area contributed by atoms with Crippen LogP contribution >= 0.6 is 0 Å². The van der Waals surface area contributed by atoms with E-state index >= 15 is 0 Å². The van der Waals surface area contributed by atoms with Gasteiger partial charge in [-0.1, -0.05) is 6.07 Å². The van der Waals surface area contributed by atoms with Crippen LogP contribution in [0.25, 0.3) is 5.69 Å². The lowest BCUT2D eigenvalue weighted by molar-refractivity contribution is 0.102. The van der Waals surface area contributed by atoms with Gasteiger partial charge in [-0.2, -0.15) is 0 Å². The molecule has 0 bridgehead atoms. The number of hydrogen-bond acceptors (Lipinski definition) is 5. The highest BCUT2D eigenvalue weighted by Gasteiger charge is 2.23. The minimum absolute atomic E-state index is 0.227. The summed E-state index contributed by atoms with van der Waals surface area (Å²) < 4.78 is 1.54. The number of carbonyl (C=O) groups is 2. The fourth-order valence-electron chi connectivity index (χ4n) is 2.69. The molecule has 9 nitrogen and oxygen atoms in total. The lowest BCUT2D eigenvalue weighted by atomic mass is 10.1. The number of anilines is 2. The molecule has 0 unspecified atom stereocenters. The van der Waals surface area contributed by atoms with Crippen LogP contribution in [0.1, 0.15) is 28.8 Å². The maximum Gasteiger partial charge on any atom is 0.319 e. The van der Waals surface area contributed by atoms with Crippen molar-refractivity contribution in [2.75, 3.05) is 10.6 Å². The van der Waals surface area contributed by atoms with E-state index < -0.39 is 0 Å². The molecule has 0 aliphatic heterocycles. The number of benzene rings is 2. The van der Waals surface area contributed by atoms with Gasteiger partial charge in [-0.3, -0.25) is 4.79 Å². The third-order valence-corrected chi connectivity index (χ3v) is 4.38. The highest BCUT2D eigenvalue weighted by atomic mass is 16.2. The van der Waals surface area contributed by atoms with Gasteiger partial charge in [0.1, 0.15) is 6.33 Å². The van der Waals surface area contributed by atoms with Crippen LogP contribution in [-0.4, -0.2) is 38.2 Å². The third kappa shape index (κ3) is 4.14. The van der Waals surface area contributed by atoms with Gasteiger partial charge < -0.3 is 16.0 Å². The topological polar surface area (TPSA) is 114 Å². The summed E-state index contributed by atoms with van der Waals surface area (Å²) in [5.41, 5.74) is 3.50. The fourth-order valence-corrected chi connectivity index (χ4v) is 2.69. The van der Waals surface area contributed by atoms with Gasteiger partial charge in [0.25, 0.3) is 5.91 Å². The molecule has 28 heavy (non-hydrogen) atoms. The van der Waals surface area contributed by atoms with Crippen molar-refractivity contribution in [1.29, 1.82) is 0 Å². The first-order chi connectivity index (χ1) is 13.6. The van der Waals surface area contributed by atoms with Crippen LogP contribution in [-0.2, 0) is 0 Å². The van der Waals surface area contributed by atoms with Crippen LogP contribution < -0.4 is 16.0 Å². The molecule has 142 valence electrons. The molecule has 4 rings (SSSR count). The number of carbonyl (C=O) groups excluding carboxylic acids is 2. The molecule has 9 heteroatoms. The first-order valence-electron chi connectivity index (χ1n) is 8.91. The summed E-state index contributed by atoms with van der Waals surface area (Å²) in [6, 6.07) is 12.3. The standard InChI is InChI=1S/C19H19N7O2/c1-12-2-5-16(10-17(12)26-11-20-24-25-26)21-18(27)13-3-6-14(7-4-13)22-19(28)23-15-8-9-15/h2-7,10-11,15H,8-9H2,1H3,(H,21,27)(H2,22,23,28). The number of rotatable bonds is 5. The molecule has 1 aromatic heterocycles. The van der Waals surface area contributed by atoms with Crippen molar-refractivity contribution in [2.45, 2.75) is 25.8 Å². The quantitative estimate of drug-likeness (QED) is 0.632. The lowest BCUT2D eigenvalue weighted by Gasteiger charge is -2.10. The highest BCUT2D eigenvalue weighted by molar-refractivity contribution is 6.04. The second kappa shape index (κ2) is 7.47. The molecule has 0 spiro atoms. The normalized spacial score (nSPS) is 13.0. The SMILES string of the molecule is Cc1ccc(NC(=O)c2ccc(NC(=O)NC3CC3)cc2)cc1-n1cnnn1. The monoisotopic (exact) mass is 377 g/mol. The van der Waals surface area contributed by atoms with Crippen molar-refractivity contribution in [2.24, 2.45) is 0 Å². The van der Waals surface area contributed by atoms with Gasteiger partial charge in [-0.25, -0.2) is 9.48 Å². The Morgan fingerprint density at radius 1 is 1.04 bits per heavy atom. The molecule has 1 fully saturated rings. The van der Waals surface area contributed by atoms with Crippen LogP contribution in [0.5, 0.6) is 0 Å². The Labute approximate surface area is 161 Å². The minimum Gasteiger partial charge on any atom is -0.335 e. The first-order valence-corrected chi connectivity index (χ1v) is 8.91. The second-order valence-electron chi connectivity index (χ2n) is 6.66. The molecule has 0 radical (unpaired) electrons. The van der Waals surface area contributed by atoms with Crippen LogP contribution in [0, 0.1) is 6.92 Å². The van der Waals surface area contributed by atoms with Crippen molar-refractivity contribution in [1.82, 2.24) is 25.5 Å². The maximum absolute atomic E-state index is 12.5. The Balaban J connectivity index is 1.42. The molecule has 2 aromatic carbocycles. The van der Waals surface area contributed by atoms with Crippen molar-refractivity contribution in [3.05, 3.63) is 59.9 Å². The predicted octanol–water partition coefficient (Wildman–Crippen LogP) is 2.51. The fraction of sp³-hybridized carbons (Fsp3) is 0.211. The van der Waals surface area contributed by atoms with E-state index in [2.05, 4.69) is 31.5 Å². The molecule has 0 atom stereocenters. The maximum atomic E-state index is 12.5. The third-order valence-electron chi connectivity index (χ3n) is 4.38. The van der Waals surface area contributed by atoms with Crippen molar-refractivity contribution >= 4 is 23.3 Å². The first kappa shape index (κ1) is 17.7. The molecule has 1 saturated carbocycles. The average molecular weight is 377 g/mol. The molecule has 3 aromatic rings. The zero-order valence-corrected chi connectivity index (χ0v) is 15.2. The van der Waals surface area contributed by atoms with E-state index in [4.69, 9.17) is 0 Å². The van der Waals surface area contributed by atoms with E-state index in [1.165, 1.54) is 11.0 Å². The summed E-state index contributed by atoms with van der Waals surface area (Å²) in [5.74, 6) is -0.250. The van der Waals surface area contributed by atoms with Crippen molar-refractivity contribution < 1.29 is 9.59 Å². The number of aryl methyl sites for hydroxylation is 1. The van der Waals surface area contributed by atoms with Crippen LogP contribution in [0.15, 0.2) is 48.8 Å². The molecule has 3 amide bonds. The highest BCUT2D eigenvalue weighted by Crippen LogP contribution is 2.20. The van der Waals surface area contributed by atoms with Crippen LogP contribution in [0.4, 0.5) is 16.2 Å². The second-order valence-corrected chi connectivity index (χ2v) is 6.66. The zero-order chi connectivity index (χ0) is 19.5. The summed E-state index contributed by atoms with van der Waals surface area (Å²) >= 11 is 0. The summed E-state index contributed by atoms with van der Waals surface area (Å²) in [4.78, 5) is 24.3. The Bertz CT molecular complexity index is 996. The minimum atomic E-state index is -0.250. The van der Waals surface area contributed by atoms with Crippen LogP contribution in [0.3, 0.4) is 0 Å². The van der Waals surface area contributed by atoms with Gasteiger partial charge in [0.2, 0.25) is 0 Å². The number of nitrogens with one attached hydrogen (secondary N) is 3. The summed E-state index contributed by atoms with van der Waals surface area (Å²) in [6.45, 7) is 1.94. The molecule has 0 saturated heterocycles. The van der Waals surface area contributed by atoms with E-state index in [0.717, 1.165) is 24.1 Å². The Morgan fingerprint density at radius 2 is 1.79 bits per heavy atom. The van der Waals surface area contributed by atoms with E-state index in [1.54, 1.807) is 24.3 Å². The van der Waals surface area contributed by atoms with Gasteiger partial charge in [0.15, 0.2) is 0 Å². The number of nitrogens with zero attached hydrogens (tertiary/aromatic N) is 4. The number of tetrazole rings is 1. The zero-order valence-electron chi connectivity index (χ0n) is 15.2.